The van der Waals surface area contributed by atoms with Crippen molar-refractivity contribution in [2.75, 3.05) is 0 Å². The number of rotatable bonds is 4. The van der Waals surface area contributed by atoms with Crippen LogP contribution in [0.3, 0.4) is 0 Å². The highest BCUT2D eigenvalue weighted by molar-refractivity contribution is 7.89. The first-order valence-electron chi connectivity index (χ1n) is 6.30. The van der Waals surface area contributed by atoms with Crippen molar-refractivity contribution in [1.29, 1.82) is 0 Å². The Kier molecular flexibility index (Phi) is 4.56. The number of hydrogen-bond acceptors (Lipinski definition) is 2. The second kappa shape index (κ2) is 5.41. The molecule has 0 radical (unpaired) electrons. The quantitative estimate of drug-likeness (QED) is 0.913. The molecular weight excluding hydrogens is 246 g/mol. The minimum absolute atomic E-state index is 0.0466. The molecule has 0 aromatic heterocycles. The highest BCUT2D eigenvalue weighted by Gasteiger charge is 2.23. The van der Waals surface area contributed by atoms with Gasteiger partial charge in [0.2, 0.25) is 10.0 Å². The molecule has 0 heterocycles. The molecule has 0 bridgehead atoms. The van der Waals surface area contributed by atoms with Crippen LogP contribution in [0.1, 0.15) is 42.5 Å². The van der Waals surface area contributed by atoms with Crippen molar-refractivity contribution in [2.45, 2.75) is 58.9 Å². The maximum absolute atomic E-state index is 12.4. The van der Waals surface area contributed by atoms with E-state index in [4.69, 9.17) is 0 Å². The predicted octanol–water partition coefficient (Wildman–Crippen LogP) is 3.00. The third-order valence-electron chi connectivity index (χ3n) is 3.53. The lowest BCUT2D eigenvalue weighted by Crippen LogP contribution is -2.33. The van der Waals surface area contributed by atoms with Gasteiger partial charge in [-0.05, 0) is 63.3 Å². The fraction of sp³-hybridized carbons (Fsp3) is 0.571. The monoisotopic (exact) mass is 269 g/mol. The molecule has 102 valence electrons. The number of sulfonamides is 1. The van der Waals surface area contributed by atoms with Crippen LogP contribution in [-0.2, 0) is 10.0 Å². The summed E-state index contributed by atoms with van der Waals surface area (Å²) in [5.41, 5.74) is 3.72. The van der Waals surface area contributed by atoms with Gasteiger partial charge in [0.25, 0.3) is 0 Å². The summed E-state index contributed by atoms with van der Waals surface area (Å²) in [5, 5.41) is 0. The average Bonchev–Trinajstić information content (AvgIpc) is 2.25. The number of nitrogens with one attached hydrogen (secondary N) is 1. The summed E-state index contributed by atoms with van der Waals surface area (Å²) >= 11 is 0. The Bertz CT molecular complexity index is 521. The lowest BCUT2D eigenvalue weighted by atomic mass is 10.0. The Morgan fingerprint density at radius 1 is 1.11 bits per heavy atom. The zero-order valence-corrected chi connectivity index (χ0v) is 12.9. The van der Waals surface area contributed by atoms with Crippen LogP contribution in [0.15, 0.2) is 11.0 Å². The van der Waals surface area contributed by atoms with E-state index < -0.39 is 10.0 Å². The van der Waals surface area contributed by atoms with Gasteiger partial charge in [-0.3, -0.25) is 0 Å². The van der Waals surface area contributed by atoms with Gasteiger partial charge in [-0.15, -0.1) is 0 Å². The van der Waals surface area contributed by atoms with E-state index in [9.17, 15) is 8.42 Å². The van der Waals surface area contributed by atoms with Gasteiger partial charge in [0.05, 0.1) is 4.90 Å². The van der Waals surface area contributed by atoms with E-state index in [1.807, 2.05) is 47.6 Å². The first-order valence-corrected chi connectivity index (χ1v) is 7.78. The Balaban J connectivity index is 3.41. The molecule has 1 aromatic carbocycles. The van der Waals surface area contributed by atoms with E-state index in [-0.39, 0.29) is 6.04 Å². The summed E-state index contributed by atoms with van der Waals surface area (Å²) < 4.78 is 27.6. The molecule has 1 rings (SSSR count). The molecule has 0 amide bonds. The summed E-state index contributed by atoms with van der Waals surface area (Å²) in [6.45, 7) is 11.5. The maximum atomic E-state index is 12.4. The van der Waals surface area contributed by atoms with Gasteiger partial charge in [0.1, 0.15) is 0 Å². The Hall–Kier alpha value is -0.870. The molecule has 0 aliphatic rings. The summed E-state index contributed by atoms with van der Waals surface area (Å²) in [6, 6.07) is 1.99. The fourth-order valence-electron chi connectivity index (χ4n) is 1.99. The molecule has 0 saturated carbocycles. The van der Waals surface area contributed by atoms with Crippen molar-refractivity contribution in [3.63, 3.8) is 0 Å². The van der Waals surface area contributed by atoms with E-state index in [2.05, 4.69) is 4.72 Å². The van der Waals surface area contributed by atoms with Crippen molar-refractivity contribution < 1.29 is 8.42 Å². The van der Waals surface area contributed by atoms with E-state index in [1.54, 1.807) is 0 Å². The smallest absolute Gasteiger partial charge is 0.208 e. The minimum Gasteiger partial charge on any atom is -0.208 e. The Morgan fingerprint density at radius 3 is 1.94 bits per heavy atom. The third-order valence-corrected chi connectivity index (χ3v) is 5.40. The SMILES string of the molecule is CC[C@@H](C)NS(=O)(=O)c1c(C)c(C)cc(C)c1C. The molecule has 3 nitrogen and oxygen atoms in total. The topological polar surface area (TPSA) is 46.2 Å². The predicted molar refractivity (Wildman–Crippen MR) is 75.5 cm³/mol. The van der Waals surface area contributed by atoms with Crippen LogP contribution in [0, 0.1) is 27.7 Å². The Morgan fingerprint density at radius 2 is 1.56 bits per heavy atom. The molecule has 4 heteroatoms. The van der Waals surface area contributed by atoms with Crippen LogP contribution in [0.25, 0.3) is 0 Å². The van der Waals surface area contributed by atoms with Crippen LogP contribution in [-0.4, -0.2) is 14.5 Å². The second-order valence-electron chi connectivity index (χ2n) is 5.02. The van der Waals surface area contributed by atoms with Crippen molar-refractivity contribution in [3.05, 3.63) is 28.3 Å². The molecular formula is C14H23NO2S. The lowest BCUT2D eigenvalue weighted by Gasteiger charge is -2.18. The van der Waals surface area contributed by atoms with Gasteiger partial charge in [-0.2, -0.15) is 0 Å². The molecule has 0 aliphatic carbocycles. The highest BCUT2D eigenvalue weighted by atomic mass is 32.2. The zero-order chi connectivity index (χ0) is 14.1. The molecule has 0 aliphatic heterocycles. The fourth-order valence-corrected chi connectivity index (χ4v) is 3.93. The van der Waals surface area contributed by atoms with Crippen molar-refractivity contribution in [2.24, 2.45) is 0 Å². The van der Waals surface area contributed by atoms with Crippen LogP contribution in [0.4, 0.5) is 0 Å². The van der Waals surface area contributed by atoms with Gasteiger partial charge in [-0.25, -0.2) is 13.1 Å². The van der Waals surface area contributed by atoms with Gasteiger partial charge < -0.3 is 0 Å². The van der Waals surface area contributed by atoms with Crippen molar-refractivity contribution in [3.8, 4) is 0 Å². The molecule has 1 atom stereocenters. The lowest BCUT2D eigenvalue weighted by molar-refractivity contribution is 0.554. The standard InChI is InChI=1S/C14H23NO2S/c1-7-11(4)15-18(16,17)14-12(5)9(2)8-10(3)13(14)6/h8,11,15H,7H2,1-6H3/t11-/m1/s1. The van der Waals surface area contributed by atoms with Gasteiger partial charge in [0, 0.05) is 6.04 Å². The molecule has 0 spiro atoms. The largest absolute Gasteiger partial charge is 0.241 e. The molecule has 1 aromatic rings. The van der Waals surface area contributed by atoms with Gasteiger partial charge in [-0.1, -0.05) is 13.0 Å². The molecule has 18 heavy (non-hydrogen) atoms. The molecule has 0 saturated heterocycles. The number of aryl methyl sites for hydroxylation is 2. The second-order valence-corrected chi connectivity index (χ2v) is 6.67. The minimum atomic E-state index is -3.43. The van der Waals surface area contributed by atoms with Crippen molar-refractivity contribution in [1.82, 2.24) is 4.72 Å². The average molecular weight is 269 g/mol. The molecule has 1 N–H and O–H groups in total. The zero-order valence-electron chi connectivity index (χ0n) is 12.1. The van der Waals surface area contributed by atoms with Gasteiger partial charge >= 0.3 is 0 Å². The molecule has 0 fully saturated rings. The van der Waals surface area contributed by atoms with Crippen LogP contribution >= 0.6 is 0 Å². The summed E-state index contributed by atoms with van der Waals surface area (Å²) in [7, 11) is -3.43. The summed E-state index contributed by atoms with van der Waals surface area (Å²) in [4.78, 5) is 0.445. The third kappa shape index (κ3) is 2.93. The van der Waals surface area contributed by atoms with E-state index in [1.165, 1.54) is 0 Å². The first kappa shape index (κ1) is 15.2. The van der Waals surface area contributed by atoms with E-state index in [0.717, 1.165) is 28.7 Å². The van der Waals surface area contributed by atoms with Crippen molar-refractivity contribution >= 4 is 10.0 Å². The van der Waals surface area contributed by atoms with Gasteiger partial charge in [0.15, 0.2) is 0 Å². The first-order chi connectivity index (χ1) is 8.20. The highest BCUT2D eigenvalue weighted by Crippen LogP contribution is 2.26. The molecule has 0 unspecified atom stereocenters. The van der Waals surface area contributed by atoms with Crippen LogP contribution < -0.4 is 4.72 Å². The maximum Gasteiger partial charge on any atom is 0.241 e. The van der Waals surface area contributed by atoms with Crippen LogP contribution in [0.5, 0.6) is 0 Å². The number of hydrogen-bond donors (Lipinski definition) is 1. The van der Waals surface area contributed by atoms with E-state index >= 15 is 0 Å². The summed E-state index contributed by atoms with van der Waals surface area (Å²) in [5.74, 6) is 0. The summed E-state index contributed by atoms with van der Waals surface area (Å²) in [6.07, 6.45) is 0.780. The van der Waals surface area contributed by atoms with E-state index in [0.29, 0.717) is 4.90 Å². The van der Waals surface area contributed by atoms with Crippen LogP contribution in [0.2, 0.25) is 0 Å². The normalized spacial score (nSPS) is 13.7. The number of benzene rings is 1. The Labute approximate surface area is 111 Å².